The van der Waals surface area contributed by atoms with Crippen molar-refractivity contribution in [2.75, 3.05) is 0 Å². The number of rotatable bonds is 5. The number of hydrogen-bond acceptors (Lipinski definition) is 4. The predicted octanol–water partition coefficient (Wildman–Crippen LogP) is 13.2. The van der Waals surface area contributed by atoms with Crippen molar-refractivity contribution in [1.29, 1.82) is 0 Å². The van der Waals surface area contributed by atoms with E-state index in [1.54, 1.807) is 0 Å². The van der Waals surface area contributed by atoms with Gasteiger partial charge in [0.15, 0.2) is 11.2 Å². The Balaban J connectivity index is 0.934. The minimum absolute atomic E-state index is 0.514. The van der Waals surface area contributed by atoms with Crippen LogP contribution in [0.4, 0.5) is 0 Å². The lowest BCUT2D eigenvalue weighted by Crippen LogP contribution is -1.93. The van der Waals surface area contributed by atoms with E-state index >= 15 is 0 Å². The van der Waals surface area contributed by atoms with Crippen LogP contribution in [-0.4, -0.2) is 19.1 Å². The maximum atomic E-state index is 6.45. The van der Waals surface area contributed by atoms with Crippen LogP contribution in [0.15, 0.2) is 191 Å². The molecule has 0 saturated heterocycles. The molecule has 262 valence electrons. The average molecular weight is 719 g/mol. The van der Waals surface area contributed by atoms with E-state index in [1.807, 2.05) is 30.3 Å². The minimum Gasteiger partial charge on any atom is -0.436 e. The summed E-state index contributed by atoms with van der Waals surface area (Å²) >= 11 is 0. The van der Waals surface area contributed by atoms with Gasteiger partial charge in [-0.1, -0.05) is 109 Å². The Morgan fingerprint density at radius 2 is 0.857 bits per heavy atom. The summed E-state index contributed by atoms with van der Waals surface area (Å²) in [5, 5.41) is 4.71. The van der Waals surface area contributed by atoms with E-state index in [1.165, 1.54) is 33.0 Å². The Morgan fingerprint density at radius 3 is 1.54 bits per heavy atom. The zero-order chi connectivity index (χ0) is 36.7. The molecule has 4 heterocycles. The number of hydrogen-bond donors (Lipinski definition) is 0. The second-order valence-electron chi connectivity index (χ2n) is 14.3. The van der Waals surface area contributed by atoms with E-state index in [0.29, 0.717) is 17.5 Å². The van der Waals surface area contributed by atoms with Crippen molar-refractivity contribution in [3.63, 3.8) is 0 Å². The minimum atomic E-state index is 0.514. The van der Waals surface area contributed by atoms with Gasteiger partial charge >= 0.3 is 6.01 Å². The maximum Gasteiger partial charge on any atom is 0.307 e. The predicted molar refractivity (Wildman–Crippen MR) is 227 cm³/mol. The van der Waals surface area contributed by atoms with Gasteiger partial charge in [-0.15, -0.1) is 0 Å². The van der Waals surface area contributed by atoms with Crippen molar-refractivity contribution >= 4 is 65.8 Å². The standard InChI is InChI=1S/C50H30N4O2/c1-3-11-31(12-4-1)33-19-23-45-39(27-33)37-15-7-9-17-43(37)53(45)36-22-26-47-42(30-36)51-49(55-47)35-21-25-48-41(29-35)52-50(56-48)54-44-18-10-8-16-38(44)40-28-34(20-24-46(40)54)32-13-5-2-6-14-32/h1-30H. The number of aromatic nitrogens is 4. The largest absolute Gasteiger partial charge is 0.436 e. The van der Waals surface area contributed by atoms with Gasteiger partial charge in [-0.2, -0.15) is 4.98 Å². The third-order valence-corrected chi connectivity index (χ3v) is 11.0. The van der Waals surface area contributed by atoms with Crippen molar-refractivity contribution in [3.05, 3.63) is 182 Å². The number of oxazole rings is 2. The first kappa shape index (κ1) is 30.7. The van der Waals surface area contributed by atoms with Gasteiger partial charge in [-0.05, 0) is 95.1 Å². The summed E-state index contributed by atoms with van der Waals surface area (Å²) in [5.74, 6) is 0.531. The van der Waals surface area contributed by atoms with Crippen LogP contribution < -0.4 is 0 Å². The molecule has 6 heteroatoms. The molecule has 12 rings (SSSR count). The summed E-state index contributed by atoms with van der Waals surface area (Å²) in [5.41, 5.74) is 13.9. The Hall–Kier alpha value is -7.70. The molecule has 0 spiro atoms. The topological polar surface area (TPSA) is 61.9 Å². The van der Waals surface area contributed by atoms with Crippen molar-refractivity contribution in [3.8, 4) is 45.4 Å². The van der Waals surface area contributed by atoms with Crippen molar-refractivity contribution < 1.29 is 8.83 Å². The van der Waals surface area contributed by atoms with Gasteiger partial charge in [0.1, 0.15) is 11.0 Å². The molecule has 0 saturated carbocycles. The van der Waals surface area contributed by atoms with E-state index in [9.17, 15) is 0 Å². The normalized spacial score (nSPS) is 11.9. The molecule has 0 amide bonds. The third kappa shape index (κ3) is 4.69. The van der Waals surface area contributed by atoms with Gasteiger partial charge in [0.25, 0.3) is 0 Å². The number of fused-ring (bicyclic) bond motifs is 8. The van der Waals surface area contributed by atoms with E-state index in [2.05, 4.69) is 161 Å². The fourth-order valence-electron chi connectivity index (χ4n) is 8.37. The molecule has 0 unspecified atom stereocenters. The average Bonchev–Trinajstić information content (AvgIpc) is 4.04. The zero-order valence-corrected chi connectivity index (χ0v) is 29.9. The lowest BCUT2D eigenvalue weighted by molar-refractivity contribution is 0.574. The first-order valence-corrected chi connectivity index (χ1v) is 18.7. The summed E-state index contributed by atoms with van der Waals surface area (Å²) < 4.78 is 17.2. The molecule has 0 aliphatic carbocycles. The number of nitrogens with zero attached hydrogens (tertiary/aromatic N) is 4. The highest BCUT2D eigenvalue weighted by Crippen LogP contribution is 2.38. The summed E-state index contributed by atoms with van der Waals surface area (Å²) in [6.07, 6.45) is 0. The summed E-state index contributed by atoms with van der Waals surface area (Å²) in [4.78, 5) is 10.0. The van der Waals surface area contributed by atoms with E-state index < -0.39 is 0 Å². The maximum absolute atomic E-state index is 6.45. The molecular weight excluding hydrogens is 689 g/mol. The van der Waals surface area contributed by atoms with E-state index in [-0.39, 0.29) is 0 Å². The van der Waals surface area contributed by atoms with Gasteiger partial charge in [0.2, 0.25) is 5.89 Å². The highest BCUT2D eigenvalue weighted by molar-refractivity contribution is 6.11. The molecule has 0 atom stereocenters. The van der Waals surface area contributed by atoms with Crippen molar-refractivity contribution in [1.82, 2.24) is 19.1 Å². The van der Waals surface area contributed by atoms with Crippen LogP contribution in [0.1, 0.15) is 0 Å². The van der Waals surface area contributed by atoms with Gasteiger partial charge in [-0.25, -0.2) is 4.98 Å². The molecule has 0 N–H and O–H groups in total. The molecular formula is C50H30N4O2. The highest BCUT2D eigenvalue weighted by atomic mass is 16.4. The fourth-order valence-corrected chi connectivity index (χ4v) is 8.37. The smallest absolute Gasteiger partial charge is 0.307 e. The molecule has 0 fully saturated rings. The second-order valence-corrected chi connectivity index (χ2v) is 14.3. The van der Waals surface area contributed by atoms with Crippen LogP contribution in [0.25, 0.3) is 111 Å². The van der Waals surface area contributed by atoms with Crippen molar-refractivity contribution in [2.45, 2.75) is 0 Å². The summed E-state index contributed by atoms with van der Waals surface area (Å²) in [6.45, 7) is 0. The van der Waals surface area contributed by atoms with Gasteiger partial charge in [0.05, 0.1) is 22.1 Å². The second kappa shape index (κ2) is 11.9. The third-order valence-electron chi connectivity index (χ3n) is 11.0. The molecule has 0 aliphatic rings. The Bertz CT molecular complexity index is 3320. The fraction of sp³-hybridized carbons (Fsp3) is 0. The summed E-state index contributed by atoms with van der Waals surface area (Å²) in [7, 11) is 0. The molecule has 12 aromatic rings. The summed E-state index contributed by atoms with van der Waals surface area (Å²) in [6, 6.07) is 63.9. The molecule has 0 aliphatic heterocycles. The van der Waals surface area contributed by atoms with Gasteiger partial charge in [0, 0.05) is 32.8 Å². The lowest BCUT2D eigenvalue weighted by atomic mass is 10.0. The monoisotopic (exact) mass is 718 g/mol. The molecule has 4 aromatic heterocycles. The molecule has 8 aromatic carbocycles. The molecule has 0 radical (unpaired) electrons. The van der Waals surface area contributed by atoms with Gasteiger partial charge in [-0.3, -0.25) is 4.57 Å². The first-order chi connectivity index (χ1) is 27.7. The molecule has 56 heavy (non-hydrogen) atoms. The molecule has 6 nitrogen and oxygen atoms in total. The first-order valence-electron chi connectivity index (χ1n) is 18.7. The Labute approximate surface area is 320 Å². The number of para-hydroxylation sites is 2. The van der Waals surface area contributed by atoms with Crippen LogP contribution >= 0.6 is 0 Å². The zero-order valence-electron chi connectivity index (χ0n) is 29.9. The Kier molecular flexibility index (Phi) is 6.53. The SMILES string of the molecule is c1ccc(-c2ccc3c(c2)c2ccccc2n3-c2ccc3oc(-c4ccc5oc(-n6c7ccccc7c7cc(-c8ccccc8)ccc76)nc5c4)nc3c2)cc1. The van der Waals surface area contributed by atoms with E-state index in [4.69, 9.17) is 18.8 Å². The van der Waals surface area contributed by atoms with Crippen molar-refractivity contribution in [2.24, 2.45) is 0 Å². The van der Waals surface area contributed by atoms with Crippen LogP contribution in [-0.2, 0) is 0 Å². The quantitative estimate of drug-likeness (QED) is 0.178. The molecule has 0 bridgehead atoms. The Morgan fingerprint density at radius 1 is 0.339 bits per heavy atom. The highest BCUT2D eigenvalue weighted by Gasteiger charge is 2.19. The van der Waals surface area contributed by atoms with E-state index in [0.717, 1.165) is 60.7 Å². The van der Waals surface area contributed by atoms with Gasteiger partial charge < -0.3 is 13.4 Å². The number of benzene rings is 8. The van der Waals surface area contributed by atoms with Crippen LogP contribution in [0.5, 0.6) is 0 Å². The van der Waals surface area contributed by atoms with Crippen LogP contribution in [0, 0.1) is 0 Å². The lowest BCUT2D eigenvalue weighted by Gasteiger charge is -2.08. The van der Waals surface area contributed by atoms with Crippen LogP contribution in [0.3, 0.4) is 0 Å². The van der Waals surface area contributed by atoms with Crippen LogP contribution in [0.2, 0.25) is 0 Å².